The summed E-state index contributed by atoms with van der Waals surface area (Å²) in [6.45, 7) is 6.59. The number of benzene rings is 5. The second kappa shape index (κ2) is 9.10. The number of nitrogens with zero attached hydrogens (tertiary/aromatic N) is 4. The first-order chi connectivity index (χ1) is 19.1. The van der Waals surface area contributed by atoms with Crippen molar-refractivity contribution in [3.8, 4) is 34.2 Å². The highest BCUT2D eigenvalue weighted by molar-refractivity contribution is 5.89. The predicted octanol–water partition coefficient (Wildman–Crippen LogP) is 8.62. The van der Waals surface area contributed by atoms with E-state index in [0.29, 0.717) is 0 Å². The van der Waals surface area contributed by atoms with E-state index in [0.717, 1.165) is 56.2 Å². The first-order valence-electron chi connectivity index (χ1n) is 13.3. The van der Waals surface area contributed by atoms with E-state index in [-0.39, 0.29) is 0 Å². The summed E-state index contributed by atoms with van der Waals surface area (Å²) in [6.07, 6.45) is 0. The summed E-state index contributed by atoms with van der Waals surface area (Å²) >= 11 is 0. The molecule has 188 valence electrons. The topological polar surface area (TPSA) is 35.6 Å². The largest absolute Gasteiger partial charge is 0.292 e. The molecule has 0 saturated carbocycles. The quantitative estimate of drug-likeness (QED) is 0.240. The third-order valence-electron chi connectivity index (χ3n) is 7.57. The van der Waals surface area contributed by atoms with Crippen LogP contribution in [-0.2, 0) is 0 Å². The molecule has 0 spiro atoms. The second-order valence-corrected chi connectivity index (χ2v) is 10.1. The third-order valence-corrected chi connectivity index (χ3v) is 7.57. The number of hydrogen-bond donors (Lipinski definition) is 0. The molecule has 0 unspecified atom stereocenters. The lowest BCUT2D eigenvalue weighted by molar-refractivity contribution is 1.07. The molecule has 2 aromatic heterocycles. The third kappa shape index (κ3) is 3.68. The molecule has 0 amide bonds. The lowest BCUT2D eigenvalue weighted by Crippen LogP contribution is -2.05. The molecule has 0 fully saturated rings. The molecule has 0 aliphatic carbocycles. The van der Waals surface area contributed by atoms with Crippen molar-refractivity contribution >= 4 is 22.1 Å². The van der Waals surface area contributed by atoms with Gasteiger partial charge in [0.05, 0.1) is 22.1 Å². The fourth-order valence-electron chi connectivity index (χ4n) is 5.94. The summed E-state index contributed by atoms with van der Waals surface area (Å²) in [6, 6.07) is 40.0. The van der Waals surface area contributed by atoms with Gasteiger partial charge in [-0.1, -0.05) is 66.7 Å². The van der Waals surface area contributed by atoms with Gasteiger partial charge in [-0.3, -0.25) is 9.13 Å². The molecule has 4 nitrogen and oxygen atoms in total. The molecule has 0 aliphatic rings. The number of fused-ring (bicyclic) bond motifs is 2. The maximum absolute atomic E-state index is 5.20. The fraction of sp³-hybridized carbons (Fsp3) is 0.0857. The van der Waals surface area contributed by atoms with E-state index < -0.39 is 0 Å². The van der Waals surface area contributed by atoms with E-state index in [1.165, 1.54) is 16.7 Å². The average molecular weight is 505 g/mol. The molecule has 0 bridgehead atoms. The van der Waals surface area contributed by atoms with Crippen LogP contribution in [0.1, 0.15) is 16.7 Å². The van der Waals surface area contributed by atoms with Crippen LogP contribution in [0.5, 0.6) is 0 Å². The Bertz CT molecular complexity index is 1840. The van der Waals surface area contributed by atoms with Gasteiger partial charge >= 0.3 is 0 Å². The van der Waals surface area contributed by atoms with Crippen molar-refractivity contribution in [1.82, 2.24) is 19.1 Å². The number of rotatable bonds is 4. The van der Waals surface area contributed by atoms with E-state index in [4.69, 9.17) is 9.97 Å². The van der Waals surface area contributed by atoms with Crippen molar-refractivity contribution in [3.05, 3.63) is 132 Å². The Morgan fingerprint density at radius 2 is 0.846 bits per heavy atom. The van der Waals surface area contributed by atoms with Gasteiger partial charge in [-0.05, 0) is 86.0 Å². The zero-order chi connectivity index (χ0) is 26.5. The smallest absolute Gasteiger partial charge is 0.146 e. The number of imidazole rings is 2. The Morgan fingerprint density at radius 3 is 1.28 bits per heavy atom. The average Bonchev–Trinajstić information content (AvgIpc) is 3.52. The van der Waals surface area contributed by atoms with Crippen LogP contribution >= 0.6 is 0 Å². The first kappa shape index (κ1) is 23.2. The summed E-state index contributed by atoms with van der Waals surface area (Å²) in [5.74, 6) is 1.89. The summed E-state index contributed by atoms with van der Waals surface area (Å²) in [7, 11) is 0. The Hall–Kier alpha value is -4.96. The Balaban J connectivity index is 1.56. The minimum atomic E-state index is 0.945. The van der Waals surface area contributed by atoms with Crippen molar-refractivity contribution in [3.63, 3.8) is 0 Å². The Labute approximate surface area is 227 Å². The number of para-hydroxylation sites is 6. The molecule has 0 N–H and O–H groups in total. The van der Waals surface area contributed by atoms with Crippen LogP contribution in [0.25, 0.3) is 56.2 Å². The van der Waals surface area contributed by atoms with Gasteiger partial charge in [0.15, 0.2) is 0 Å². The van der Waals surface area contributed by atoms with E-state index in [1.807, 2.05) is 0 Å². The standard InChI is InChI=1S/C35H28N4/c1-23-22-24(2)33(35-37-29-19-11-13-21-31(29)39(35)27-16-8-5-9-17-27)25(3)32(23)34-36-28-18-10-12-20-30(28)38(34)26-14-6-4-7-15-26/h4-22H,1-3H3. The second-order valence-electron chi connectivity index (χ2n) is 10.1. The summed E-state index contributed by atoms with van der Waals surface area (Å²) in [5, 5.41) is 0. The van der Waals surface area contributed by atoms with E-state index in [9.17, 15) is 0 Å². The van der Waals surface area contributed by atoms with Gasteiger partial charge in [-0.15, -0.1) is 0 Å². The van der Waals surface area contributed by atoms with Crippen LogP contribution in [0.3, 0.4) is 0 Å². The number of hydrogen-bond acceptors (Lipinski definition) is 2. The van der Waals surface area contributed by atoms with Gasteiger partial charge < -0.3 is 0 Å². The molecular formula is C35H28N4. The molecule has 4 heteroatoms. The maximum atomic E-state index is 5.20. The van der Waals surface area contributed by atoms with Crippen molar-refractivity contribution in [2.45, 2.75) is 20.8 Å². The van der Waals surface area contributed by atoms with Crippen LogP contribution in [0, 0.1) is 20.8 Å². The van der Waals surface area contributed by atoms with Gasteiger partial charge in [-0.2, -0.15) is 0 Å². The Kier molecular flexibility index (Phi) is 5.41. The predicted molar refractivity (Wildman–Crippen MR) is 161 cm³/mol. The van der Waals surface area contributed by atoms with Gasteiger partial charge in [-0.25, -0.2) is 9.97 Å². The van der Waals surface area contributed by atoms with Crippen molar-refractivity contribution in [2.75, 3.05) is 0 Å². The number of aromatic nitrogens is 4. The van der Waals surface area contributed by atoms with Gasteiger partial charge in [0.25, 0.3) is 0 Å². The molecule has 0 atom stereocenters. The Morgan fingerprint density at radius 1 is 0.462 bits per heavy atom. The lowest BCUT2D eigenvalue weighted by Gasteiger charge is -2.19. The van der Waals surface area contributed by atoms with E-state index in [1.54, 1.807) is 0 Å². The van der Waals surface area contributed by atoms with Crippen molar-refractivity contribution < 1.29 is 0 Å². The zero-order valence-corrected chi connectivity index (χ0v) is 22.3. The van der Waals surface area contributed by atoms with Gasteiger partial charge in [0.1, 0.15) is 11.6 Å². The fourth-order valence-corrected chi connectivity index (χ4v) is 5.94. The minimum absolute atomic E-state index is 0.945. The normalized spacial score (nSPS) is 11.5. The molecular weight excluding hydrogens is 476 g/mol. The lowest BCUT2D eigenvalue weighted by atomic mass is 9.92. The van der Waals surface area contributed by atoms with Crippen LogP contribution in [0.2, 0.25) is 0 Å². The highest BCUT2D eigenvalue weighted by Crippen LogP contribution is 2.40. The molecule has 7 aromatic rings. The molecule has 5 aromatic carbocycles. The monoisotopic (exact) mass is 504 g/mol. The van der Waals surface area contributed by atoms with Crippen LogP contribution in [-0.4, -0.2) is 19.1 Å². The van der Waals surface area contributed by atoms with Crippen molar-refractivity contribution in [2.24, 2.45) is 0 Å². The first-order valence-corrected chi connectivity index (χ1v) is 13.3. The molecule has 0 saturated heterocycles. The molecule has 2 heterocycles. The molecule has 39 heavy (non-hydrogen) atoms. The molecule has 7 rings (SSSR count). The van der Waals surface area contributed by atoms with Crippen LogP contribution in [0.4, 0.5) is 0 Å². The molecule has 0 aliphatic heterocycles. The van der Waals surface area contributed by atoms with E-state index in [2.05, 4.69) is 145 Å². The summed E-state index contributed by atoms with van der Waals surface area (Å²) in [4.78, 5) is 10.4. The zero-order valence-electron chi connectivity index (χ0n) is 22.3. The number of aryl methyl sites for hydroxylation is 2. The van der Waals surface area contributed by atoms with Gasteiger partial charge in [0.2, 0.25) is 0 Å². The maximum Gasteiger partial charge on any atom is 0.146 e. The highest BCUT2D eigenvalue weighted by atomic mass is 15.1. The summed E-state index contributed by atoms with van der Waals surface area (Å²) < 4.78 is 4.56. The van der Waals surface area contributed by atoms with E-state index >= 15 is 0 Å². The SMILES string of the molecule is Cc1cc(C)c(-c2nc3ccccc3n2-c2ccccc2)c(C)c1-c1nc2ccccc2n1-c1ccccc1. The molecule has 0 radical (unpaired) electrons. The van der Waals surface area contributed by atoms with Crippen molar-refractivity contribution in [1.29, 1.82) is 0 Å². The summed E-state index contributed by atoms with van der Waals surface area (Å²) in [5.41, 5.74) is 12.2. The highest BCUT2D eigenvalue weighted by Gasteiger charge is 2.24. The van der Waals surface area contributed by atoms with Crippen LogP contribution in [0.15, 0.2) is 115 Å². The minimum Gasteiger partial charge on any atom is -0.292 e. The van der Waals surface area contributed by atoms with Gasteiger partial charge in [0, 0.05) is 22.5 Å². The van der Waals surface area contributed by atoms with Crippen LogP contribution < -0.4 is 0 Å².